The van der Waals surface area contributed by atoms with Gasteiger partial charge in [0.25, 0.3) is 0 Å². The molecule has 0 unspecified atom stereocenters. The maximum atomic E-state index is 13.0. The zero-order valence-electron chi connectivity index (χ0n) is 9.76. The van der Waals surface area contributed by atoms with Crippen molar-refractivity contribution in [3.8, 4) is 0 Å². The van der Waals surface area contributed by atoms with Crippen LogP contribution in [0.15, 0.2) is 18.2 Å². The molecule has 0 radical (unpaired) electrons. The van der Waals surface area contributed by atoms with Crippen LogP contribution in [0, 0.1) is 5.82 Å². The number of halogens is 4. The van der Waals surface area contributed by atoms with E-state index in [1.54, 1.807) is 0 Å². The molecule has 3 N–H and O–H groups in total. The number of hydrogen-bond donors (Lipinski definition) is 2. The third kappa shape index (κ3) is 4.84. The van der Waals surface area contributed by atoms with Crippen LogP contribution in [0.4, 0.5) is 23.2 Å². The summed E-state index contributed by atoms with van der Waals surface area (Å²) in [5.74, 6) is -2.04. The molecule has 0 aliphatic heterocycles. The minimum absolute atomic E-state index is 0.157. The number of nitrogens with two attached hydrogens (primary N) is 1. The largest absolute Gasteiger partial charge is 0.419 e. The molecule has 0 heterocycles. The first-order valence-electron chi connectivity index (χ1n) is 5.29. The highest BCUT2D eigenvalue weighted by Gasteiger charge is 2.34. The van der Waals surface area contributed by atoms with Crippen LogP contribution in [0.3, 0.4) is 0 Å². The van der Waals surface area contributed by atoms with Crippen LogP contribution in [0.25, 0.3) is 0 Å². The van der Waals surface area contributed by atoms with Crippen LogP contribution in [0.1, 0.15) is 5.56 Å². The number of anilines is 1. The lowest BCUT2D eigenvalue weighted by Gasteiger charge is -2.11. The van der Waals surface area contributed by atoms with E-state index in [1.807, 2.05) is 0 Å². The lowest BCUT2D eigenvalue weighted by molar-refractivity contribution is -0.140. The topological polar surface area (TPSA) is 64.3 Å². The normalized spacial score (nSPS) is 11.4. The molecule has 0 saturated heterocycles. The minimum Gasteiger partial charge on any atom is -0.370 e. The van der Waals surface area contributed by atoms with Gasteiger partial charge < -0.3 is 15.8 Å². The van der Waals surface area contributed by atoms with E-state index < -0.39 is 23.5 Å². The van der Waals surface area contributed by atoms with Gasteiger partial charge in [0.1, 0.15) is 12.4 Å². The molecule has 0 saturated carbocycles. The van der Waals surface area contributed by atoms with E-state index in [9.17, 15) is 22.4 Å². The van der Waals surface area contributed by atoms with Crippen molar-refractivity contribution in [1.29, 1.82) is 0 Å². The van der Waals surface area contributed by atoms with Gasteiger partial charge in [0.15, 0.2) is 0 Å². The van der Waals surface area contributed by atoms with Gasteiger partial charge in [-0.15, -0.1) is 0 Å². The Kier molecular flexibility index (Phi) is 5.25. The summed E-state index contributed by atoms with van der Waals surface area (Å²) in [6, 6.07) is 2.20. The molecular weight excluding hydrogens is 268 g/mol. The van der Waals surface area contributed by atoms with Crippen molar-refractivity contribution < 1.29 is 27.1 Å². The Morgan fingerprint density at radius 1 is 1.37 bits per heavy atom. The predicted octanol–water partition coefficient (Wildman–Crippen LogP) is 1.76. The van der Waals surface area contributed by atoms with E-state index in [2.05, 4.69) is 5.32 Å². The van der Waals surface area contributed by atoms with Gasteiger partial charge in [0.05, 0.1) is 12.2 Å². The van der Waals surface area contributed by atoms with Crippen molar-refractivity contribution in [3.63, 3.8) is 0 Å². The maximum Gasteiger partial charge on any atom is 0.419 e. The number of ether oxygens (including phenoxy) is 1. The van der Waals surface area contributed by atoms with E-state index in [1.165, 1.54) is 0 Å². The summed E-state index contributed by atoms with van der Waals surface area (Å²) >= 11 is 0. The number of amides is 1. The van der Waals surface area contributed by atoms with E-state index >= 15 is 0 Å². The van der Waals surface area contributed by atoms with E-state index in [4.69, 9.17) is 10.5 Å². The Morgan fingerprint density at radius 3 is 2.63 bits per heavy atom. The molecule has 8 heteroatoms. The first kappa shape index (κ1) is 15.4. The Balaban J connectivity index is 2.72. The maximum absolute atomic E-state index is 13.0. The van der Waals surface area contributed by atoms with Gasteiger partial charge in [0.2, 0.25) is 5.91 Å². The molecular formula is C11H12F4N2O2. The van der Waals surface area contributed by atoms with E-state index in [-0.39, 0.29) is 25.4 Å². The van der Waals surface area contributed by atoms with Crippen LogP contribution in [-0.4, -0.2) is 25.7 Å². The Morgan fingerprint density at radius 2 is 2.05 bits per heavy atom. The van der Waals surface area contributed by atoms with E-state index in [0.29, 0.717) is 12.1 Å². The molecule has 106 valence electrons. The van der Waals surface area contributed by atoms with Gasteiger partial charge in [-0.25, -0.2) is 4.39 Å². The highest BCUT2D eigenvalue weighted by molar-refractivity contribution is 5.91. The fraction of sp³-hybridized carbons (Fsp3) is 0.364. The van der Waals surface area contributed by atoms with Crippen molar-refractivity contribution in [3.05, 3.63) is 29.6 Å². The zero-order chi connectivity index (χ0) is 14.5. The zero-order valence-corrected chi connectivity index (χ0v) is 9.76. The van der Waals surface area contributed by atoms with Crippen LogP contribution in [0.5, 0.6) is 0 Å². The highest BCUT2D eigenvalue weighted by atomic mass is 19.4. The summed E-state index contributed by atoms with van der Waals surface area (Å²) in [4.78, 5) is 11.3. The molecule has 1 rings (SSSR count). The van der Waals surface area contributed by atoms with E-state index in [0.717, 1.165) is 6.07 Å². The highest BCUT2D eigenvalue weighted by Crippen LogP contribution is 2.32. The van der Waals surface area contributed by atoms with Gasteiger partial charge in [-0.3, -0.25) is 4.79 Å². The van der Waals surface area contributed by atoms with Crippen molar-refractivity contribution >= 4 is 11.6 Å². The second kappa shape index (κ2) is 6.48. The minimum atomic E-state index is -4.82. The molecule has 19 heavy (non-hydrogen) atoms. The van der Waals surface area contributed by atoms with Crippen molar-refractivity contribution in [2.24, 2.45) is 5.73 Å². The number of carbonyl (C=O) groups excluding carboxylic acids is 1. The number of hydrogen-bond acceptors (Lipinski definition) is 3. The predicted molar refractivity (Wildman–Crippen MR) is 59.9 cm³/mol. The molecule has 0 aliphatic carbocycles. The lowest BCUT2D eigenvalue weighted by atomic mass is 10.2. The second-order valence-electron chi connectivity index (χ2n) is 3.58. The average Bonchev–Trinajstić information content (AvgIpc) is 2.30. The third-order valence-electron chi connectivity index (χ3n) is 2.05. The van der Waals surface area contributed by atoms with Gasteiger partial charge >= 0.3 is 6.18 Å². The number of benzene rings is 1. The molecule has 1 amide bonds. The van der Waals surface area contributed by atoms with Crippen LogP contribution in [0.2, 0.25) is 0 Å². The Labute approximate surface area is 106 Å². The summed E-state index contributed by atoms with van der Waals surface area (Å²) in [6.07, 6.45) is -4.82. The molecule has 0 atom stereocenters. The summed E-state index contributed by atoms with van der Waals surface area (Å²) in [5, 5.41) is 2.17. The molecule has 1 aromatic carbocycles. The number of carbonyl (C=O) groups is 1. The standard InChI is InChI=1S/C11H12F4N2O2/c12-9-2-1-7(5-8(9)11(13,14)15)17-10(18)6-19-4-3-16/h1-2,5H,3-4,6,16H2,(H,17,18). The first-order chi connectivity index (χ1) is 8.84. The van der Waals surface area contributed by atoms with Crippen molar-refractivity contribution in [1.82, 2.24) is 0 Å². The molecule has 0 spiro atoms. The summed E-state index contributed by atoms with van der Waals surface area (Å²) < 4.78 is 55.1. The fourth-order valence-electron chi connectivity index (χ4n) is 1.27. The van der Waals surface area contributed by atoms with Crippen molar-refractivity contribution in [2.75, 3.05) is 25.1 Å². The summed E-state index contributed by atoms with van der Waals surface area (Å²) in [6.45, 7) is 0.0443. The fourth-order valence-corrected chi connectivity index (χ4v) is 1.27. The first-order valence-corrected chi connectivity index (χ1v) is 5.29. The van der Waals surface area contributed by atoms with Gasteiger partial charge in [-0.2, -0.15) is 13.2 Å². The molecule has 1 aromatic rings. The molecule has 4 nitrogen and oxygen atoms in total. The molecule has 0 aromatic heterocycles. The summed E-state index contributed by atoms with van der Waals surface area (Å²) in [5.41, 5.74) is 3.53. The quantitative estimate of drug-likeness (QED) is 0.638. The molecule has 0 bridgehead atoms. The van der Waals surface area contributed by atoms with Crippen LogP contribution >= 0.6 is 0 Å². The summed E-state index contributed by atoms with van der Waals surface area (Å²) in [7, 11) is 0. The second-order valence-corrected chi connectivity index (χ2v) is 3.58. The number of rotatable bonds is 5. The van der Waals surface area contributed by atoms with Crippen LogP contribution < -0.4 is 11.1 Å². The monoisotopic (exact) mass is 280 g/mol. The van der Waals surface area contributed by atoms with Gasteiger partial charge in [-0.05, 0) is 18.2 Å². The lowest BCUT2D eigenvalue weighted by Crippen LogP contribution is -2.21. The molecule has 0 fully saturated rings. The van der Waals surface area contributed by atoms with Crippen molar-refractivity contribution in [2.45, 2.75) is 6.18 Å². The average molecular weight is 280 g/mol. The third-order valence-corrected chi connectivity index (χ3v) is 2.05. The smallest absolute Gasteiger partial charge is 0.370 e. The number of nitrogens with one attached hydrogen (secondary N) is 1. The Bertz CT molecular complexity index is 449. The molecule has 0 aliphatic rings. The van der Waals surface area contributed by atoms with Gasteiger partial charge in [-0.1, -0.05) is 0 Å². The Hall–Kier alpha value is -1.67. The SMILES string of the molecule is NCCOCC(=O)Nc1ccc(F)c(C(F)(F)F)c1. The van der Waals surface area contributed by atoms with Gasteiger partial charge in [0, 0.05) is 12.2 Å². The van der Waals surface area contributed by atoms with Crippen LogP contribution in [-0.2, 0) is 15.7 Å². The number of alkyl halides is 3.